The van der Waals surface area contributed by atoms with Crippen LogP contribution in [0, 0.1) is 0 Å². The summed E-state index contributed by atoms with van der Waals surface area (Å²) in [5.41, 5.74) is 1.44. The zero-order chi connectivity index (χ0) is 12.7. The van der Waals surface area contributed by atoms with Gasteiger partial charge in [0.15, 0.2) is 0 Å². The fourth-order valence-corrected chi connectivity index (χ4v) is 1.21. The van der Waals surface area contributed by atoms with E-state index in [4.69, 9.17) is 5.11 Å². The molecule has 10 heteroatoms. The zero-order valence-corrected chi connectivity index (χ0v) is 9.28. The van der Waals surface area contributed by atoms with E-state index < -0.39 is 24.5 Å². The molecule has 0 aliphatic rings. The molecule has 1 aromatic rings. The lowest BCUT2D eigenvalue weighted by atomic mass is 10.5. The number of urea groups is 1. The van der Waals surface area contributed by atoms with Crippen molar-refractivity contribution in [2.24, 2.45) is 0 Å². The minimum absolute atomic E-state index is 0.299. The molecular weight excluding hydrogens is 250 g/mol. The molecule has 92 valence electrons. The molecule has 0 fully saturated rings. The van der Waals surface area contributed by atoms with Crippen molar-refractivity contribution in [1.82, 2.24) is 20.8 Å². The smallest absolute Gasteiger partial charge is 0.322 e. The molecule has 0 aliphatic carbocycles. The van der Waals surface area contributed by atoms with Crippen LogP contribution in [0.1, 0.15) is 0 Å². The minimum atomic E-state index is -1.16. The van der Waals surface area contributed by atoms with Gasteiger partial charge in [0.2, 0.25) is 11.0 Å². The van der Waals surface area contributed by atoms with Crippen LogP contribution in [0.15, 0.2) is 5.51 Å². The van der Waals surface area contributed by atoms with Crippen molar-refractivity contribution in [2.45, 2.75) is 0 Å². The highest BCUT2D eigenvalue weighted by Crippen LogP contribution is 2.06. The molecule has 3 amide bonds. The van der Waals surface area contributed by atoms with Gasteiger partial charge >= 0.3 is 12.0 Å². The van der Waals surface area contributed by atoms with Crippen LogP contribution in [0.4, 0.5) is 9.93 Å². The number of nitrogens with one attached hydrogen (secondary N) is 3. The lowest BCUT2D eigenvalue weighted by Gasteiger charge is -2.04. The largest absolute Gasteiger partial charge is 0.480 e. The van der Waals surface area contributed by atoms with E-state index in [2.05, 4.69) is 26.1 Å². The van der Waals surface area contributed by atoms with Gasteiger partial charge in [-0.05, 0) is 0 Å². The van der Waals surface area contributed by atoms with Gasteiger partial charge in [-0.15, -0.1) is 10.2 Å². The molecule has 17 heavy (non-hydrogen) atoms. The van der Waals surface area contributed by atoms with Crippen LogP contribution in [-0.2, 0) is 9.59 Å². The number of carboxylic acids is 1. The third-order valence-corrected chi connectivity index (χ3v) is 2.03. The Morgan fingerprint density at radius 2 is 2.06 bits per heavy atom. The SMILES string of the molecule is O=C(O)CNC(=O)CNC(=O)Nc1nncs1. The molecule has 0 radical (unpaired) electrons. The summed E-state index contributed by atoms with van der Waals surface area (Å²) in [7, 11) is 0. The van der Waals surface area contributed by atoms with Crippen LogP contribution in [0.5, 0.6) is 0 Å². The summed E-state index contributed by atoms with van der Waals surface area (Å²) in [4.78, 5) is 32.3. The van der Waals surface area contributed by atoms with Crippen LogP contribution in [0.2, 0.25) is 0 Å². The second-order valence-electron chi connectivity index (χ2n) is 2.72. The van der Waals surface area contributed by atoms with Crippen molar-refractivity contribution in [2.75, 3.05) is 18.4 Å². The molecule has 4 N–H and O–H groups in total. The third-order valence-electron chi connectivity index (χ3n) is 1.43. The minimum Gasteiger partial charge on any atom is -0.480 e. The van der Waals surface area contributed by atoms with Gasteiger partial charge in [-0.25, -0.2) is 4.79 Å². The Kier molecular flexibility index (Phi) is 4.81. The van der Waals surface area contributed by atoms with Crippen LogP contribution in [0.3, 0.4) is 0 Å². The number of hydrogen-bond acceptors (Lipinski definition) is 6. The van der Waals surface area contributed by atoms with Gasteiger partial charge in [-0.3, -0.25) is 14.9 Å². The second-order valence-corrected chi connectivity index (χ2v) is 3.56. The molecule has 0 aliphatic heterocycles. The average molecular weight is 259 g/mol. The van der Waals surface area contributed by atoms with Crippen molar-refractivity contribution in [3.63, 3.8) is 0 Å². The maximum absolute atomic E-state index is 11.2. The Hall–Kier alpha value is -2.23. The highest BCUT2D eigenvalue weighted by atomic mass is 32.1. The van der Waals surface area contributed by atoms with E-state index >= 15 is 0 Å². The Bertz CT molecular complexity index is 406. The van der Waals surface area contributed by atoms with Crippen LogP contribution < -0.4 is 16.0 Å². The quantitative estimate of drug-likeness (QED) is 0.528. The van der Waals surface area contributed by atoms with Crippen molar-refractivity contribution in [3.05, 3.63) is 5.51 Å². The van der Waals surface area contributed by atoms with Gasteiger partial charge in [0.05, 0.1) is 6.54 Å². The number of amides is 3. The Balaban J connectivity index is 2.19. The van der Waals surface area contributed by atoms with Gasteiger partial charge in [-0.2, -0.15) is 0 Å². The van der Waals surface area contributed by atoms with Gasteiger partial charge in [-0.1, -0.05) is 11.3 Å². The second kappa shape index (κ2) is 6.37. The first-order valence-electron chi connectivity index (χ1n) is 4.37. The van der Waals surface area contributed by atoms with E-state index in [9.17, 15) is 14.4 Å². The summed E-state index contributed by atoms with van der Waals surface area (Å²) in [5, 5.41) is 22.3. The number of hydrogen-bond donors (Lipinski definition) is 4. The number of aromatic nitrogens is 2. The summed E-state index contributed by atoms with van der Waals surface area (Å²) in [6.45, 7) is -0.809. The summed E-state index contributed by atoms with van der Waals surface area (Å²) in [6, 6.07) is -0.618. The first-order chi connectivity index (χ1) is 8.08. The maximum atomic E-state index is 11.2. The van der Waals surface area contributed by atoms with Crippen molar-refractivity contribution in [1.29, 1.82) is 0 Å². The topological polar surface area (TPSA) is 133 Å². The predicted molar refractivity (Wildman–Crippen MR) is 57.6 cm³/mol. The number of carboxylic acid groups (broad SMARTS) is 1. The first-order valence-corrected chi connectivity index (χ1v) is 5.25. The Morgan fingerprint density at radius 3 is 2.65 bits per heavy atom. The molecular formula is C7H9N5O4S. The molecule has 0 spiro atoms. The monoisotopic (exact) mass is 259 g/mol. The predicted octanol–water partition coefficient (Wildman–Crippen LogP) is -1.14. The fraction of sp³-hybridized carbons (Fsp3) is 0.286. The van der Waals surface area contributed by atoms with Crippen molar-refractivity contribution in [3.8, 4) is 0 Å². The number of anilines is 1. The fourth-order valence-electron chi connectivity index (χ4n) is 0.766. The summed E-state index contributed by atoms with van der Waals surface area (Å²) < 4.78 is 0. The molecule has 9 nitrogen and oxygen atoms in total. The first kappa shape index (κ1) is 12.8. The van der Waals surface area contributed by atoms with Crippen molar-refractivity contribution < 1.29 is 19.5 Å². The highest BCUT2D eigenvalue weighted by Gasteiger charge is 2.07. The standard InChI is InChI=1S/C7H9N5O4S/c13-4(8-2-5(14)15)1-9-6(16)11-7-12-10-3-17-7/h3H,1-2H2,(H,8,13)(H,14,15)(H2,9,11,12,16). The lowest BCUT2D eigenvalue weighted by Crippen LogP contribution is -2.40. The molecule has 1 rings (SSSR count). The van der Waals surface area contributed by atoms with Crippen LogP contribution in [0.25, 0.3) is 0 Å². The number of aliphatic carboxylic acids is 1. The summed E-state index contributed by atoms with van der Waals surface area (Å²) in [6.07, 6.45) is 0. The molecule has 1 heterocycles. The van der Waals surface area contributed by atoms with Crippen LogP contribution >= 0.6 is 11.3 Å². The maximum Gasteiger partial charge on any atom is 0.322 e. The molecule has 0 bridgehead atoms. The zero-order valence-electron chi connectivity index (χ0n) is 8.47. The van der Waals surface area contributed by atoms with E-state index in [1.807, 2.05) is 0 Å². The van der Waals surface area contributed by atoms with Gasteiger partial charge in [0.1, 0.15) is 12.1 Å². The van der Waals surface area contributed by atoms with E-state index in [0.29, 0.717) is 5.13 Å². The Morgan fingerprint density at radius 1 is 1.29 bits per heavy atom. The number of carbonyl (C=O) groups excluding carboxylic acids is 2. The van der Waals surface area contributed by atoms with Gasteiger partial charge < -0.3 is 15.7 Å². The van der Waals surface area contributed by atoms with E-state index in [1.165, 1.54) is 5.51 Å². The van der Waals surface area contributed by atoms with E-state index in [1.54, 1.807) is 0 Å². The molecule has 0 unspecified atom stereocenters. The third kappa shape index (κ3) is 5.41. The average Bonchev–Trinajstić information content (AvgIpc) is 2.76. The molecule has 0 saturated heterocycles. The molecule has 1 aromatic heterocycles. The Labute approximate surface area is 99.2 Å². The summed E-state index contributed by atoms with van der Waals surface area (Å²) in [5.74, 6) is -1.75. The van der Waals surface area contributed by atoms with E-state index in [0.717, 1.165) is 11.3 Å². The summed E-state index contributed by atoms with van der Waals surface area (Å²) >= 11 is 1.13. The number of nitrogens with zero attached hydrogens (tertiary/aromatic N) is 2. The van der Waals surface area contributed by atoms with Crippen molar-refractivity contribution >= 4 is 34.4 Å². The van der Waals surface area contributed by atoms with Gasteiger partial charge in [0, 0.05) is 0 Å². The van der Waals surface area contributed by atoms with Gasteiger partial charge in [0.25, 0.3) is 0 Å². The number of rotatable bonds is 5. The molecule has 0 aromatic carbocycles. The highest BCUT2D eigenvalue weighted by molar-refractivity contribution is 7.13. The molecule has 0 saturated carbocycles. The molecule has 0 atom stereocenters. The normalized spacial score (nSPS) is 9.41. The van der Waals surface area contributed by atoms with Crippen LogP contribution in [-0.4, -0.2) is 46.3 Å². The van der Waals surface area contributed by atoms with E-state index in [-0.39, 0.29) is 6.54 Å². The number of carbonyl (C=O) groups is 3. The lowest BCUT2D eigenvalue weighted by molar-refractivity contribution is -0.137.